The van der Waals surface area contributed by atoms with Crippen LogP contribution in [0.25, 0.3) is 0 Å². The number of unbranched alkanes of at least 4 members (excludes halogenated alkanes) is 29. The summed E-state index contributed by atoms with van der Waals surface area (Å²) < 4.78 is 0. The van der Waals surface area contributed by atoms with Crippen molar-refractivity contribution in [3.63, 3.8) is 0 Å². The molecule has 0 saturated heterocycles. The molecular formula is C58H96N2Pd. The molecule has 0 aromatic heterocycles. The number of benzene rings is 2. The first kappa shape index (κ1) is 56.9. The van der Waals surface area contributed by atoms with Crippen LogP contribution in [0.4, 0.5) is 11.4 Å². The average Bonchev–Trinajstić information content (AvgIpc) is 3.27. The number of aryl methyl sites for hydroxylation is 2. The van der Waals surface area contributed by atoms with Gasteiger partial charge in [-0.05, 0) is 87.5 Å². The fraction of sp³-hybridized carbons (Fsp3) is 0.690. The molecule has 0 atom stereocenters. The fourth-order valence-electron chi connectivity index (χ4n) is 8.35. The van der Waals surface area contributed by atoms with Crippen LogP contribution in [-0.2, 0) is 33.3 Å². The summed E-state index contributed by atoms with van der Waals surface area (Å²) in [7, 11) is 0. The average molecular weight is 928 g/mol. The van der Waals surface area contributed by atoms with Gasteiger partial charge < -0.3 is 0 Å². The van der Waals surface area contributed by atoms with E-state index in [0.29, 0.717) is 0 Å². The molecular weight excluding hydrogens is 831 g/mol. The first-order valence-electron chi connectivity index (χ1n) is 26.4. The second kappa shape index (κ2) is 44.5. The van der Waals surface area contributed by atoms with E-state index in [1.54, 1.807) is 0 Å². The maximum absolute atomic E-state index is 5.22. The summed E-state index contributed by atoms with van der Waals surface area (Å²) in [4.78, 5) is 10.3. The molecule has 0 amide bonds. The van der Waals surface area contributed by atoms with Crippen LogP contribution in [0.15, 0.2) is 82.8 Å². The van der Waals surface area contributed by atoms with E-state index in [2.05, 4.69) is 93.6 Å². The third kappa shape index (κ3) is 34.1. The zero-order chi connectivity index (χ0) is 42.7. The van der Waals surface area contributed by atoms with Crippen molar-refractivity contribution in [1.29, 1.82) is 0 Å². The molecule has 0 saturated carbocycles. The molecule has 2 aromatic rings. The van der Waals surface area contributed by atoms with Gasteiger partial charge in [-0.2, -0.15) is 0 Å². The zero-order valence-corrected chi connectivity index (χ0v) is 41.9. The van der Waals surface area contributed by atoms with Crippen molar-refractivity contribution in [2.75, 3.05) is 0 Å². The Morgan fingerprint density at radius 1 is 0.377 bits per heavy atom. The zero-order valence-electron chi connectivity index (χ0n) is 40.4. The molecule has 2 nitrogen and oxygen atoms in total. The SMILES string of the molecule is CCCCCCCCCCCCCCCCC=CCCc1ccccc1N=CC(CCCC)=Nc1ccccc1CCC=CCCCCCCCCCCCCCCCC.[Pd]. The quantitative estimate of drug-likeness (QED) is 0.0274. The van der Waals surface area contributed by atoms with Crippen LogP contribution >= 0.6 is 0 Å². The predicted octanol–water partition coefficient (Wildman–Crippen LogP) is 20.1. The van der Waals surface area contributed by atoms with Crippen LogP contribution in [0.1, 0.15) is 257 Å². The third-order valence-corrected chi connectivity index (χ3v) is 12.3. The summed E-state index contributed by atoms with van der Waals surface area (Å²) in [5.41, 5.74) is 5.93. The number of para-hydroxylation sites is 2. The molecule has 348 valence electrons. The minimum absolute atomic E-state index is 0. The minimum atomic E-state index is 0. The number of hydrogen-bond acceptors (Lipinski definition) is 2. The van der Waals surface area contributed by atoms with E-state index in [4.69, 9.17) is 9.98 Å². The molecule has 0 bridgehead atoms. The van der Waals surface area contributed by atoms with Gasteiger partial charge in [-0.1, -0.05) is 255 Å². The summed E-state index contributed by atoms with van der Waals surface area (Å²) in [6.07, 6.45) is 61.3. The number of hydrogen-bond donors (Lipinski definition) is 0. The molecule has 61 heavy (non-hydrogen) atoms. The van der Waals surface area contributed by atoms with Crippen molar-refractivity contribution < 1.29 is 20.4 Å². The largest absolute Gasteiger partial charge is 0.255 e. The van der Waals surface area contributed by atoms with Gasteiger partial charge >= 0.3 is 0 Å². The van der Waals surface area contributed by atoms with E-state index < -0.39 is 0 Å². The topological polar surface area (TPSA) is 24.7 Å². The van der Waals surface area contributed by atoms with Gasteiger partial charge in [0.25, 0.3) is 0 Å². The number of allylic oxidation sites excluding steroid dienone is 4. The standard InChI is InChI=1S/C58H96N2.Pd/c1-4-7-10-12-14-16-18-20-22-24-26-28-30-32-34-36-38-40-46-54-48-42-44-51-57(54)59-53-56(50-9-6-3)60-58-52-45-43-49-55(58)47-41-39-37-35-33-31-29-27-25-23-21-19-17-15-13-11-8-5-2;/h36-39,42-45,48-49,51-53H,4-35,40-41,46-47,50H2,1-3H3;. The van der Waals surface area contributed by atoms with Crippen LogP contribution < -0.4 is 0 Å². The van der Waals surface area contributed by atoms with Gasteiger partial charge in [-0.3, -0.25) is 9.98 Å². The molecule has 0 aliphatic heterocycles. The molecule has 0 N–H and O–H groups in total. The molecule has 0 aliphatic carbocycles. The Morgan fingerprint density at radius 2 is 0.705 bits per heavy atom. The van der Waals surface area contributed by atoms with Gasteiger partial charge in [0.05, 0.1) is 17.1 Å². The monoisotopic (exact) mass is 927 g/mol. The molecule has 0 radical (unpaired) electrons. The maximum atomic E-state index is 5.22. The van der Waals surface area contributed by atoms with Crippen molar-refractivity contribution in [2.45, 2.75) is 258 Å². The van der Waals surface area contributed by atoms with Gasteiger partial charge in [0.15, 0.2) is 0 Å². The summed E-state index contributed by atoms with van der Waals surface area (Å²) >= 11 is 0. The van der Waals surface area contributed by atoms with Gasteiger partial charge in [0, 0.05) is 26.6 Å². The second-order valence-electron chi connectivity index (χ2n) is 18.0. The van der Waals surface area contributed by atoms with Gasteiger partial charge in [0.1, 0.15) is 0 Å². The molecule has 2 rings (SSSR count). The minimum Gasteiger partial charge on any atom is -0.255 e. The van der Waals surface area contributed by atoms with Gasteiger partial charge in [-0.25, -0.2) is 0 Å². The summed E-state index contributed by atoms with van der Waals surface area (Å²) in [6, 6.07) is 17.4. The molecule has 0 unspecified atom stereocenters. The van der Waals surface area contributed by atoms with Crippen LogP contribution in [-0.4, -0.2) is 11.9 Å². The van der Waals surface area contributed by atoms with E-state index >= 15 is 0 Å². The van der Waals surface area contributed by atoms with Crippen molar-refractivity contribution >= 4 is 23.3 Å². The molecule has 2 aromatic carbocycles. The van der Waals surface area contributed by atoms with Crippen LogP contribution in [0.5, 0.6) is 0 Å². The molecule has 0 heterocycles. The van der Waals surface area contributed by atoms with Gasteiger partial charge in [0.2, 0.25) is 0 Å². The van der Waals surface area contributed by atoms with E-state index in [1.165, 1.54) is 204 Å². The molecule has 0 fully saturated rings. The van der Waals surface area contributed by atoms with E-state index in [0.717, 1.165) is 62.0 Å². The first-order chi connectivity index (χ1) is 29.8. The number of rotatable bonds is 42. The summed E-state index contributed by atoms with van der Waals surface area (Å²) in [5.74, 6) is 0. The first-order valence-corrected chi connectivity index (χ1v) is 26.4. The maximum Gasteiger partial charge on any atom is 0.0665 e. The van der Waals surface area contributed by atoms with E-state index in [-0.39, 0.29) is 20.4 Å². The van der Waals surface area contributed by atoms with Crippen molar-refractivity contribution in [3.05, 3.63) is 84.0 Å². The third-order valence-electron chi connectivity index (χ3n) is 12.3. The fourth-order valence-corrected chi connectivity index (χ4v) is 8.35. The van der Waals surface area contributed by atoms with Crippen LogP contribution in [0, 0.1) is 0 Å². The Hall–Kier alpha value is -2.08. The molecule has 0 aliphatic rings. The van der Waals surface area contributed by atoms with Crippen LogP contribution in [0.2, 0.25) is 0 Å². The summed E-state index contributed by atoms with van der Waals surface area (Å²) in [6.45, 7) is 6.86. The van der Waals surface area contributed by atoms with Crippen molar-refractivity contribution in [2.24, 2.45) is 9.98 Å². The van der Waals surface area contributed by atoms with E-state index in [1.807, 2.05) is 6.21 Å². The van der Waals surface area contributed by atoms with Crippen LogP contribution in [0.3, 0.4) is 0 Å². The number of aliphatic imine (C=N–C) groups is 2. The van der Waals surface area contributed by atoms with Crippen molar-refractivity contribution in [1.82, 2.24) is 0 Å². The van der Waals surface area contributed by atoms with Crippen molar-refractivity contribution in [3.8, 4) is 0 Å². The molecule has 3 heteroatoms. The summed E-state index contributed by atoms with van der Waals surface area (Å²) in [5, 5.41) is 0. The number of nitrogens with zero attached hydrogens (tertiary/aromatic N) is 2. The Morgan fingerprint density at radius 3 is 1.11 bits per heavy atom. The predicted molar refractivity (Wildman–Crippen MR) is 272 cm³/mol. The Labute approximate surface area is 393 Å². The van der Waals surface area contributed by atoms with E-state index in [9.17, 15) is 0 Å². The second-order valence-corrected chi connectivity index (χ2v) is 18.0. The van der Waals surface area contributed by atoms with Gasteiger partial charge in [-0.15, -0.1) is 0 Å². The Bertz CT molecular complexity index is 1360. The smallest absolute Gasteiger partial charge is 0.0665 e. The Kier molecular flexibility index (Phi) is 41.6. The normalized spacial score (nSPS) is 12.1. The molecule has 0 spiro atoms. The Balaban J connectivity index is 0.0000186.